The molecule has 2 N–H and O–H groups in total. The topological polar surface area (TPSA) is 104 Å². The molecule has 1 aliphatic rings. The van der Waals surface area contributed by atoms with Crippen LogP contribution < -0.4 is 0 Å². The van der Waals surface area contributed by atoms with Crippen LogP contribution in [0.5, 0.6) is 0 Å². The highest BCUT2D eigenvalue weighted by atomic mass is 16.5. The fourth-order valence-corrected chi connectivity index (χ4v) is 1.64. The SMILES string of the molecule is C/C(C(=O)O)=C(/CCN1CCOC(=O)C1)C(=O)O. The molecule has 0 aromatic carbocycles. The normalized spacial score (nSPS) is 17.9. The Balaban J connectivity index is 2.63. The van der Waals surface area contributed by atoms with Crippen LogP contribution in [0.4, 0.5) is 0 Å². The van der Waals surface area contributed by atoms with E-state index >= 15 is 0 Å². The largest absolute Gasteiger partial charge is 0.478 e. The van der Waals surface area contributed by atoms with E-state index in [1.54, 1.807) is 4.90 Å². The van der Waals surface area contributed by atoms with E-state index in [9.17, 15) is 14.4 Å². The van der Waals surface area contributed by atoms with Crippen molar-refractivity contribution >= 4 is 17.9 Å². The summed E-state index contributed by atoms with van der Waals surface area (Å²) in [6.45, 7) is 2.50. The highest BCUT2D eigenvalue weighted by molar-refractivity contribution is 5.98. The van der Waals surface area contributed by atoms with Crippen LogP contribution in [0, 0.1) is 0 Å². The molecule has 0 aromatic heterocycles. The molecule has 0 spiro atoms. The van der Waals surface area contributed by atoms with Crippen LogP contribution in [0.25, 0.3) is 0 Å². The number of carbonyl (C=O) groups is 3. The molecular formula is C11H15NO6. The molecule has 1 heterocycles. The second-order valence-electron chi connectivity index (χ2n) is 3.96. The highest BCUT2D eigenvalue weighted by Gasteiger charge is 2.21. The summed E-state index contributed by atoms with van der Waals surface area (Å²) in [6, 6.07) is 0. The van der Waals surface area contributed by atoms with Crippen molar-refractivity contribution in [2.45, 2.75) is 13.3 Å². The number of hydrogen-bond acceptors (Lipinski definition) is 5. The maximum Gasteiger partial charge on any atom is 0.332 e. The predicted molar refractivity (Wildman–Crippen MR) is 60.0 cm³/mol. The van der Waals surface area contributed by atoms with Gasteiger partial charge < -0.3 is 14.9 Å². The zero-order valence-electron chi connectivity index (χ0n) is 10.0. The van der Waals surface area contributed by atoms with E-state index in [1.807, 2.05) is 0 Å². The van der Waals surface area contributed by atoms with E-state index in [0.29, 0.717) is 13.1 Å². The molecule has 0 atom stereocenters. The molecule has 1 fully saturated rings. The third kappa shape index (κ3) is 3.85. The van der Waals surface area contributed by atoms with Gasteiger partial charge in [0.05, 0.1) is 6.54 Å². The average molecular weight is 257 g/mol. The van der Waals surface area contributed by atoms with E-state index < -0.39 is 11.9 Å². The Morgan fingerprint density at radius 2 is 2.00 bits per heavy atom. The van der Waals surface area contributed by atoms with Crippen molar-refractivity contribution in [1.29, 1.82) is 0 Å². The van der Waals surface area contributed by atoms with Gasteiger partial charge in [0.1, 0.15) is 6.61 Å². The number of esters is 1. The first-order valence-corrected chi connectivity index (χ1v) is 5.46. The molecule has 1 aliphatic heterocycles. The summed E-state index contributed by atoms with van der Waals surface area (Å²) in [7, 11) is 0. The molecule has 0 aromatic rings. The number of morpholine rings is 1. The van der Waals surface area contributed by atoms with Gasteiger partial charge in [-0.1, -0.05) is 0 Å². The van der Waals surface area contributed by atoms with Crippen molar-refractivity contribution < 1.29 is 29.3 Å². The monoisotopic (exact) mass is 257 g/mol. The van der Waals surface area contributed by atoms with Crippen LogP contribution in [0.3, 0.4) is 0 Å². The number of nitrogens with zero attached hydrogens (tertiary/aromatic N) is 1. The summed E-state index contributed by atoms with van der Waals surface area (Å²) in [6.07, 6.45) is 0.0841. The van der Waals surface area contributed by atoms with Gasteiger partial charge in [-0.05, 0) is 13.3 Å². The van der Waals surface area contributed by atoms with Crippen LogP contribution in [-0.4, -0.2) is 59.3 Å². The lowest BCUT2D eigenvalue weighted by Gasteiger charge is -2.25. The van der Waals surface area contributed by atoms with Gasteiger partial charge in [-0.2, -0.15) is 0 Å². The molecular weight excluding hydrogens is 242 g/mol. The van der Waals surface area contributed by atoms with Gasteiger partial charge in [0.25, 0.3) is 0 Å². The lowest BCUT2D eigenvalue weighted by molar-refractivity contribution is -0.150. The first-order valence-electron chi connectivity index (χ1n) is 5.46. The molecule has 1 rings (SSSR count). The molecule has 1 saturated heterocycles. The van der Waals surface area contributed by atoms with Gasteiger partial charge >= 0.3 is 17.9 Å². The molecule has 0 aliphatic carbocycles. The number of carboxylic acids is 2. The molecule has 0 radical (unpaired) electrons. The molecule has 7 nitrogen and oxygen atoms in total. The third-order valence-electron chi connectivity index (χ3n) is 2.73. The van der Waals surface area contributed by atoms with Gasteiger partial charge in [0.15, 0.2) is 0 Å². The summed E-state index contributed by atoms with van der Waals surface area (Å²) >= 11 is 0. The van der Waals surface area contributed by atoms with Gasteiger partial charge in [-0.15, -0.1) is 0 Å². The van der Waals surface area contributed by atoms with Crippen molar-refractivity contribution in [3.8, 4) is 0 Å². The number of aliphatic carboxylic acids is 2. The Bertz CT molecular complexity index is 400. The molecule has 18 heavy (non-hydrogen) atoms. The number of rotatable bonds is 5. The van der Waals surface area contributed by atoms with Crippen molar-refractivity contribution in [3.63, 3.8) is 0 Å². The lowest BCUT2D eigenvalue weighted by atomic mass is 10.1. The predicted octanol–water partition coefficient (Wildman–Crippen LogP) is -0.279. The van der Waals surface area contributed by atoms with Gasteiger partial charge in [-0.25, -0.2) is 9.59 Å². The maximum absolute atomic E-state index is 11.0. The molecule has 0 amide bonds. The smallest absolute Gasteiger partial charge is 0.332 e. The van der Waals surface area contributed by atoms with E-state index in [-0.39, 0.29) is 36.7 Å². The zero-order chi connectivity index (χ0) is 13.7. The Labute approximate surface area is 104 Å². The number of cyclic esters (lactones) is 1. The summed E-state index contributed by atoms with van der Waals surface area (Å²) in [5.74, 6) is -2.84. The zero-order valence-corrected chi connectivity index (χ0v) is 10.0. The first-order chi connectivity index (χ1) is 8.41. The Hall–Kier alpha value is -1.89. The molecule has 100 valence electrons. The number of carbonyl (C=O) groups excluding carboxylic acids is 1. The molecule has 0 saturated carbocycles. The fourth-order valence-electron chi connectivity index (χ4n) is 1.64. The maximum atomic E-state index is 11.0. The van der Waals surface area contributed by atoms with Crippen LogP contribution in [-0.2, 0) is 19.1 Å². The van der Waals surface area contributed by atoms with Crippen LogP contribution >= 0.6 is 0 Å². The van der Waals surface area contributed by atoms with Crippen molar-refractivity contribution in [1.82, 2.24) is 4.90 Å². The minimum atomic E-state index is -1.24. The van der Waals surface area contributed by atoms with Gasteiger partial charge in [-0.3, -0.25) is 9.69 Å². The van der Waals surface area contributed by atoms with E-state index in [0.717, 1.165) is 0 Å². The van der Waals surface area contributed by atoms with E-state index in [1.165, 1.54) is 6.92 Å². The Morgan fingerprint density at radius 1 is 1.33 bits per heavy atom. The van der Waals surface area contributed by atoms with Crippen molar-refractivity contribution in [2.24, 2.45) is 0 Å². The number of hydrogen-bond donors (Lipinski definition) is 2. The Morgan fingerprint density at radius 3 is 2.50 bits per heavy atom. The summed E-state index contributed by atoms with van der Waals surface area (Å²) in [4.78, 5) is 34.4. The quantitative estimate of drug-likeness (QED) is 0.515. The minimum Gasteiger partial charge on any atom is -0.478 e. The Kier molecular flexibility index (Phi) is 4.85. The molecule has 7 heteroatoms. The van der Waals surface area contributed by atoms with Gasteiger partial charge in [0.2, 0.25) is 0 Å². The van der Waals surface area contributed by atoms with E-state index in [2.05, 4.69) is 0 Å². The average Bonchev–Trinajstić information content (AvgIpc) is 2.28. The third-order valence-corrected chi connectivity index (χ3v) is 2.73. The van der Waals surface area contributed by atoms with Crippen molar-refractivity contribution in [2.75, 3.05) is 26.2 Å². The number of ether oxygens (including phenoxy) is 1. The second-order valence-corrected chi connectivity index (χ2v) is 3.96. The minimum absolute atomic E-state index is 0.0841. The van der Waals surface area contributed by atoms with Gasteiger partial charge in [0, 0.05) is 24.2 Å². The number of carboxylic acid groups (broad SMARTS) is 2. The summed E-state index contributed by atoms with van der Waals surface area (Å²) in [5, 5.41) is 17.7. The lowest BCUT2D eigenvalue weighted by Crippen LogP contribution is -2.40. The highest BCUT2D eigenvalue weighted by Crippen LogP contribution is 2.11. The van der Waals surface area contributed by atoms with Crippen molar-refractivity contribution in [3.05, 3.63) is 11.1 Å². The fraction of sp³-hybridized carbons (Fsp3) is 0.545. The molecule has 0 unspecified atom stereocenters. The summed E-state index contributed by atoms with van der Waals surface area (Å²) in [5.41, 5.74) is -0.316. The van der Waals surface area contributed by atoms with E-state index in [4.69, 9.17) is 14.9 Å². The van der Waals surface area contributed by atoms with Crippen LogP contribution in [0.2, 0.25) is 0 Å². The molecule has 0 bridgehead atoms. The summed E-state index contributed by atoms with van der Waals surface area (Å²) < 4.78 is 4.74. The van der Waals surface area contributed by atoms with Crippen LogP contribution in [0.1, 0.15) is 13.3 Å². The van der Waals surface area contributed by atoms with Crippen LogP contribution in [0.15, 0.2) is 11.1 Å². The standard InChI is InChI=1S/C11H15NO6/c1-7(10(14)15)8(11(16)17)2-3-12-4-5-18-9(13)6-12/h2-6H2,1H3,(H,14,15)(H,16,17)/b8-7+. The second kappa shape index (κ2) is 6.15. The first kappa shape index (κ1) is 14.2.